The number of hydrogen-bond acceptors (Lipinski definition) is 7. The summed E-state index contributed by atoms with van der Waals surface area (Å²) in [6.45, 7) is 8.74. The van der Waals surface area contributed by atoms with Gasteiger partial charge in [-0.25, -0.2) is 9.78 Å². The van der Waals surface area contributed by atoms with Crippen LogP contribution in [0.5, 0.6) is 11.5 Å². The fourth-order valence-corrected chi connectivity index (χ4v) is 3.69. The van der Waals surface area contributed by atoms with E-state index in [1.54, 1.807) is 32.3 Å². The summed E-state index contributed by atoms with van der Waals surface area (Å²) in [5, 5.41) is 0. The van der Waals surface area contributed by atoms with Crippen LogP contribution in [0.15, 0.2) is 42.6 Å². The van der Waals surface area contributed by atoms with Crippen molar-refractivity contribution in [1.29, 1.82) is 0 Å². The van der Waals surface area contributed by atoms with Crippen LogP contribution in [0, 0.1) is 0 Å². The Labute approximate surface area is 201 Å². The summed E-state index contributed by atoms with van der Waals surface area (Å²) < 4.78 is 16.2. The molecular formula is C26H33N3O5. The first-order valence-corrected chi connectivity index (χ1v) is 11.6. The van der Waals surface area contributed by atoms with Gasteiger partial charge < -0.3 is 24.0 Å². The molecule has 0 saturated carbocycles. The Morgan fingerprint density at radius 1 is 1.09 bits per heavy atom. The van der Waals surface area contributed by atoms with Crippen molar-refractivity contribution in [3.05, 3.63) is 53.7 Å². The second kappa shape index (κ2) is 12.1. The fourth-order valence-electron chi connectivity index (χ4n) is 3.69. The molecule has 34 heavy (non-hydrogen) atoms. The molecule has 1 amide bonds. The van der Waals surface area contributed by atoms with Gasteiger partial charge in [0.2, 0.25) is 5.91 Å². The number of benzene rings is 1. The summed E-state index contributed by atoms with van der Waals surface area (Å²) in [6, 6.07) is 9.16. The number of ether oxygens (including phenoxy) is 3. The molecular weight excluding hydrogens is 434 g/mol. The lowest BCUT2D eigenvalue weighted by Gasteiger charge is -2.22. The molecule has 0 N–H and O–H groups in total. The minimum atomic E-state index is -0.374. The normalized spacial score (nSPS) is 14.3. The Balaban J connectivity index is 1.59. The van der Waals surface area contributed by atoms with E-state index in [2.05, 4.69) is 9.88 Å². The molecule has 182 valence electrons. The summed E-state index contributed by atoms with van der Waals surface area (Å²) in [6.07, 6.45) is 5.80. The van der Waals surface area contributed by atoms with E-state index in [1.165, 1.54) is 6.20 Å². The lowest BCUT2D eigenvalue weighted by molar-refractivity contribution is -0.125. The van der Waals surface area contributed by atoms with E-state index in [4.69, 9.17) is 14.2 Å². The predicted octanol–water partition coefficient (Wildman–Crippen LogP) is 3.81. The van der Waals surface area contributed by atoms with Crippen LogP contribution in [-0.2, 0) is 9.53 Å². The summed E-state index contributed by atoms with van der Waals surface area (Å²) in [5.74, 6) is 1.69. The molecule has 2 aromatic rings. The topological polar surface area (TPSA) is 81.2 Å². The molecule has 3 rings (SSSR count). The Hall–Kier alpha value is -3.55. The number of methoxy groups -OCH3 is 1. The Bertz CT molecular complexity index is 1000. The van der Waals surface area contributed by atoms with Crippen LogP contribution in [-0.4, -0.2) is 67.8 Å². The molecule has 0 radical (unpaired) electrons. The highest BCUT2D eigenvalue weighted by Gasteiger charge is 2.19. The van der Waals surface area contributed by atoms with Crippen LogP contribution in [0.1, 0.15) is 43.1 Å². The van der Waals surface area contributed by atoms with E-state index in [9.17, 15) is 9.59 Å². The number of pyridine rings is 1. The van der Waals surface area contributed by atoms with E-state index >= 15 is 0 Å². The van der Waals surface area contributed by atoms with Crippen LogP contribution in [0.25, 0.3) is 6.08 Å². The number of carbonyl (C=O) groups excluding carboxylic acids is 2. The van der Waals surface area contributed by atoms with Gasteiger partial charge in [-0.3, -0.25) is 4.79 Å². The number of hydrogen-bond donors (Lipinski definition) is 0. The summed E-state index contributed by atoms with van der Waals surface area (Å²) in [5.41, 5.74) is 1.30. The Morgan fingerprint density at radius 3 is 2.59 bits per heavy atom. The number of rotatable bonds is 8. The van der Waals surface area contributed by atoms with Crippen molar-refractivity contribution in [2.75, 3.05) is 44.8 Å². The molecule has 1 aliphatic heterocycles. The zero-order valence-corrected chi connectivity index (χ0v) is 20.3. The summed E-state index contributed by atoms with van der Waals surface area (Å²) in [7, 11) is 1.60. The second-order valence-corrected chi connectivity index (χ2v) is 8.20. The van der Waals surface area contributed by atoms with Gasteiger partial charge >= 0.3 is 5.97 Å². The summed E-state index contributed by atoms with van der Waals surface area (Å²) >= 11 is 0. The Morgan fingerprint density at radius 2 is 1.91 bits per heavy atom. The van der Waals surface area contributed by atoms with Crippen molar-refractivity contribution in [3.63, 3.8) is 0 Å². The van der Waals surface area contributed by atoms with Gasteiger partial charge in [0.05, 0.1) is 25.4 Å². The van der Waals surface area contributed by atoms with Crippen LogP contribution in [0.2, 0.25) is 0 Å². The molecule has 0 aliphatic carbocycles. The summed E-state index contributed by atoms with van der Waals surface area (Å²) in [4.78, 5) is 33.0. The third kappa shape index (κ3) is 6.73. The molecule has 1 fully saturated rings. The maximum atomic E-state index is 12.8. The predicted molar refractivity (Wildman–Crippen MR) is 131 cm³/mol. The zero-order valence-electron chi connectivity index (χ0n) is 20.3. The van der Waals surface area contributed by atoms with Gasteiger partial charge in [0.25, 0.3) is 0 Å². The van der Waals surface area contributed by atoms with E-state index in [0.717, 1.165) is 24.3 Å². The molecule has 0 atom stereocenters. The minimum absolute atomic E-state index is 0.0334. The highest BCUT2D eigenvalue weighted by Crippen LogP contribution is 2.29. The van der Waals surface area contributed by atoms with Gasteiger partial charge in [0, 0.05) is 38.5 Å². The fraction of sp³-hybridized carbons (Fsp3) is 0.423. The molecule has 8 heteroatoms. The van der Waals surface area contributed by atoms with Crippen molar-refractivity contribution >= 4 is 23.8 Å². The quantitative estimate of drug-likeness (QED) is 0.431. The monoisotopic (exact) mass is 467 g/mol. The molecule has 0 spiro atoms. The van der Waals surface area contributed by atoms with Crippen LogP contribution >= 0.6 is 0 Å². The van der Waals surface area contributed by atoms with Crippen molar-refractivity contribution < 1.29 is 23.8 Å². The van der Waals surface area contributed by atoms with E-state index < -0.39 is 0 Å². The maximum absolute atomic E-state index is 12.8. The Kier molecular flexibility index (Phi) is 8.90. The van der Waals surface area contributed by atoms with Crippen molar-refractivity contribution in [2.45, 2.75) is 33.3 Å². The maximum Gasteiger partial charge on any atom is 0.339 e. The first-order chi connectivity index (χ1) is 16.4. The van der Waals surface area contributed by atoms with Gasteiger partial charge in [-0.2, -0.15) is 0 Å². The third-order valence-corrected chi connectivity index (χ3v) is 5.36. The number of esters is 1. The third-order valence-electron chi connectivity index (χ3n) is 5.36. The van der Waals surface area contributed by atoms with Gasteiger partial charge in [0.15, 0.2) is 11.5 Å². The lowest BCUT2D eigenvalue weighted by Crippen LogP contribution is -2.34. The van der Waals surface area contributed by atoms with Gasteiger partial charge in [-0.1, -0.05) is 6.07 Å². The number of anilines is 1. The lowest BCUT2D eigenvalue weighted by atomic mass is 10.2. The minimum Gasteiger partial charge on any atom is -0.493 e. The van der Waals surface area contributed by atoms with Crippen LogP contribution < -0.4 is 14.4 Å². The van der Waals surface area contributed by atoms with E-state index in [0.29, 0.717) is 43.3 Å². The highest BCUT2D eigenvalue weighted by atomic mass is 16.5. The molecule has 0 bridgehead atoms. The molecule has 8 nitrogen and oxygen atoms in total. The van der Waals surface area contributed by atoms with Crippen LogP contribution in [0.4, 0.5) is 5.82 Å². The first-order valence-electron chi connectivity index (χ1n) is 11.6. The van der Waals surface area contributed by atoms with Gasteiger partial charge in [-0.15, -0.1) is 0 Å². The molecule has 1 saturated heterocycles. The SMILES string of the molecule is CCOC(=O)c1ccc(N2CCCN(C(=O)/C=C/c3ccc(OC(C)C)c(OC)c3)CC2)nc1. The van der Waals surface area contributed by atoms with E-state index in [-0.39, 0.29) is 18.0 Å². The van der Waals surface area contributed by atoms with Crippen LogP contribution in [0.3, 0.4) is 0 Å². The average molecular weight is 468 g/mol. The van der Waals surface area contributed by atoms with Gasteiger partial charge in [0.1, 0.15) is 5.82 Å². The second-order valence-electron chi connectivity index (χ2n) is 8.20. The number of carbonyl (C=O) groups is 2. The van der Waals surface area contributed by atoms with Crippen molar-refractivity contribution in [3.8, 4) is 11.5 Å². The number of aromatic nitrogens is 1. The van der Waals surface area contributed by atoms with Crippen molar-refractivity contribution in [1.82, 2.24) is 9.88 Å². The molecule has 1 aromatic carbocycles. The number of amides is 1. The highest BCUT2D eigenvalue weighted by molar-refractivity contribution is 5.92. The molecule has 1 aliphatic rings. The average Bonchev–Trinajstić information content (AvgIpc) is 3.09. The molecule has 0 unspecified atom stereocenters. The zero-order chi connectivity index (χ0) is 24.5. The molecule has 1 aromatic heterocycles. The van der Waals surface area contributed by atoms with Crippen molar-refractivity contribution in [2.24, 2.45) is 0 Å². The largest absolute Gasteiger partial charge is 0.493 e. The standard InChI is InChI=1S/C26H33N3O5/c1-5-33-26(31)21-9-11-24(27-18-21)28-13-6-14-29(16-15-28)25(30)12-8-20-7-10-22(34-19(2)3)23(17-20)32-4/h7-12,17-19H,5-6,13-16H2,1-4H3/b12-8+. The number of nitrogens with zero attached hydrogens (tertiary/aromatic N) is 3. The first kappa shape index (κ1) is 25.1. The van der Waals surface area contributed by atoms with E-state index in [1.807, 2.05) is 43.0 Å². The molecule has 2 heterocycles. The smallest absolute Gasteiger partial charge is 0.339 e. The van der Waals surface area contributed by atoms with Gasteiger partial charge in [-0.05, 0) is 63.1 Å².